The number of hydrogen-bond acceptors (Lipinski definition) is 3. The molecule has 0 saturated carbocycles. The second kappa shape index (κ2) is 13.0. The Morgan fingerprint density at radius 1 is 1.13 bits per heavy atom. The molecule has 1 atom stereocenters. The molecule has 4 nitrogen and oxygen atoms in total. The fourth-order valence-electron chi connectivity index (χ4n) is 3.11. The number of halogens is 2. The number of rotatable bonds is 11. The maximum absolute atomic E-state index is 13.1. The molecule has 0 bridgehead atoms. The van der Waals surface area contributed by atoms with E-state index in [1.807, 2.05) is 19.1 Å². The Kier molecular flexibility index (Phi) is 10.7. The normalized spacial score (nSPS) is 11.8. The summed E-state index contributed by atoms with van der Waals surface area (Å²) < 4.78 is 0. The van der Waals surface area contributed by atoms with Crippen LogP contribution in [0, 0.1) is 6.92 Å². The van der Waals surface area contributed by atoms with Gasteiger partial charge in [0, 0.05) is 34.5 Å². The molecular formula is C24H30Cl2N2O2S. The Labute approximate surface area is 199 Å². The van der Waals surface area contributed by atoms with Gasteiger partial charge < -0.3 is 10.2 Å². The molecule has 2 amide bonds. The predicted octanol–water partition coefficient (Wildman–Crippen LogP) is 5.87. The Bertz CT molecular complexity index is 871. The predicted molar refractivity (Wildman–Crippen MR) is 132 cm³/mol. The summed E-state index contributed by atoms with van der Waals surface area (Å²) in [7, 11) is 0. The molecule has 0 saturated heterocycles. The summed E-state index contributed by atoms with van der Waals surface area (Å²) in [5.41, 5.74) is 3.01. The molecule has 0 aliphatic carbocycles. The summed E-state index contributed by atoms with van der Waals surface area (Å²) in [5, 5.41) is 3.88. The quantitative estimate of drug-likeness (QED) is 0.409. The van der Waals surface area contributed by atoms with Crippen LogP contribution in [0.5, 0.6) is 0 Å². The zero-order chi connectivity index (χ0) is 22.8. The zero-order valence-electron chi connectivity index (χ0n) is 18.3. The second-order valence-electron chi connectivity index (χ2n) is 7.52. The van der Waals surface area contributed by atoms with Crippen LogP contribution in [-0.2, 0) is 21.9 Å². The van der Waals surface area contributed by atoms with E-state index in [1.165, 1.54) is 22.9 Å². The smallest absolute Gasteiger partial charge is 0.242 e. The Hall–Kier alpha value is -1.69. The van der Waals surface area contributed by atoms with Gasteiger partial charge in [-0.1, -0.05) is 72.4 Å². The Morgan fingerprint density at radius 2 is 1.81 bits per heavy atom. The molecular weight excluding hydrogens is 451 g/mol. The number of carbonyl (C=O) groups is 2. The van der Waals surface area contributed by atoms with Crippen molar-refractivity contribution in [3.05, 3.63) is 69.2 Å². The number of hydrogen-bond donors (Lipinski definition) is 1. The van der Waals surface area contributed by atoms with Crippen molar-refractivity contribution >= 4 is 46.8 Å². The van der Waals surface area contributed by atoms with Gasteiger partial charge >= 0.3 is 0 Å². The van der Waals surface area contributed by atoms with E-state index in [-0.39, 0.29) is 24.1 Å². The summed E-state index contributed by atoms with van der Waals surface area (Å²) in [6.45, 7) is 6.64. The molecule has 0 fully saturated rings. The molecule has 0 aliphatic heterocycles. The first-order chi connectivity index (χ1) is 14.8. The van der Waals surface area contributed by atoms with Crippen molar-refractivity contribution in [2.75, 3.05) is 12.3 Å². The SMILES string of the molecule is CCCCNC(=O)[C@H](C)N(Cc1c(Cl)cccc1Cl)C(=O)CSCc1cccc(C)c1. The lowest BCUT2D eigenvalue weighted by Gasteiger charge is -2.29. The molecule has 0 spiro atoms. The highest BCUT2D eigenvalue weighted by atomic mass is 35.5. The van der Waals surface area contributed by atoms with E-state index in [0.29, 0.717) is 22.2 Å². The lowest BCUT2D eigenvalue weighted by atomic mass is 10.1. The van der Waals surface area contributed by atoms with Crippen LogP contribution in [0.1, 0.15) is 43.4 Å². The zero-order valence-corrected chi connectivity index (χ0v) is 20.6. The first kappa shape index (κ1) is 25.6. The first-order valence-corrected chi connectivity index (χ1v) is 12.4. The number of amides is 2. The van der Waals surface area contributed by atoms with Crippen LogP contribution < -0.4 is 5.32 Å². The minimum Gasteiger partial charge on any atom is -0.354 e. The minimum atomic E-state index is -0.628. The lowest BCUT2D eigenvalue weighted by molar-refractivity contribution is -0.138. The van der Waals surface area contributed by atoms with Crippen molar-refractivity contribution in [2.45, 2.75) is 52.0 Å². The fraction of sp³-hybridized carbons (Fsp3) is 0.417. The highest BCUT2D eigenvalue weighted by Gasteiger charge is 2.27. The maximum Gasteiger partial charge on any atom is 0.242 e. The molecule has 0 radical (unpaired) electrons. The summed E-state index contributed by atoms with van der Waals surface area (Å²) >= 11 is 14.2. The molecule has 2 rings (SSSR count). The van der Waals surface area contributed by atoms with Gasteiger partial charge in [-0.3, -0.25) is 9.59 Å². The molecule has 168 valence electrons. The van der Waals surface area contributed by atoms with Gasteiger partial charge in [0.2, 0.25) is 11.8 Å². The Morgan fingerprint density at radius 3 is 2.45 bits per heavy atom. The monoisotopic (exact) mass is 480 g/mol. The van der Waals surface area contributed by atoms with E-state index in [2.05, 4.69) is 24.4 Å². The number of carbonyl (C=O) groups excluding carboxylic acids is 2. The van der Waals surface area contributed by atoms with Crippen molar-refractivity contribution in [1.82, 2.24) is 10.2 Å². The van der Waals surface area contributed by atoms with Crippen LogP contribution in [0.2, 0.25) is 10.0 Å². The number of thioether (sulfide) groups is 1. The van der Waals surface area contributed by atoms with Gasteiger partial charge in [-0.2, -0.15) is 0 Å². The molecule has 0 aliphatic rings. The lowest BCUT2D eigenvalue weighted by Crippen LogP contribution is -2.48. The van der Waals surface area contributed by atoms with Crippen LogP contribution in [0.3, 0.4) is 0 Å². The van der Waals surface area contributed by atoms with Gasteiger partial charge in [0.05, 0.1) is 5.75 Å². The van der Waals surface area contributed by atoms with Gasteiger partial charge in [0.25, 0.3) is 0 Å². The summed E-state index contributed by atoms with van der Waals surface area (Å²) in [5.74, 6) is 0.703. The van der Waals surface area contributed by atoms with Gasteiger partial charge in [-0.05, 0) is 38.0 Å². The van der Waals surface area contributed by atoms with Crippen LogP contribution in [-0.4, -0.2) is 35.1 Å². The standard InChI is InChI=1S/C24H30Cl2N2O2S/c1-4-5-12-27-24(30)18(3)28(14-20-21(25)10-7-11-22(20)26)23(29)16-31-15-19-9-6-8-17(2)13-19/h6-11,13,18H,4-5,12,14-16H2,1-3H3,(H,27,30)/t18-/m0/s1. The van der Waals surface area contributed by atoms with Crippen molar-refractivity contribution in [2.24, 2.45) is 0 Å². The summed E-state index contributed by atoms with van der Waals surface area (Å²) in [4.78, 5) is 27.4. The van der Waals surface area contributed by atoms with Crippen LogP contribution in [0.4, 0.5) is 0 Å². The maximum atomic E-state index is 13.1. The number of benzene rings is 2. The number of unbranched alkanes of at least 4 members (excludes halogenated alkanes) is 1. The van der Waals surface area contributed by atoms with Crippen molar-refractivity contribution in [1.29, 1.82) is 0 Å². The van der Waals surface area contributed by atoms with Crippen molar-refractivity contribution in [3.63, 3.8) is 0 Å². The topological polar surface area (TPSA) is 49.4 Å². The molecule has 0 heterocycles. The summed E-state index contributed by atoms with van der Waals surface area (Å²) in [6.07, 6.45) is 1.89. The molecule has 1 N–H and O–H groups in total. The van der Waals surface area contributed by atoms with Crippen molar-refractivity contribution < 1.29 is 9.59 Å². The third-order valence-corrected chi connectivity index (χ3v) is 6.66. The number of nitrogens with one attached hydrogen (secondary N) is 1. The largest absolute Gasteiger partial charge is 0.354 e. The van der Waals surface area contributed by atoms with Crippen LogP contribution >= 0.6 is 35.0 Å². The van der Waals surface area contributed by atoms with Crippen molar-refractivity contribution in [3.8, 4) is 0 Å². The second-order valence-corrected chi connectivity index (χ2v) is 9.32. The third-order valence-electron chi connectivity index (χ3n) is 4.96. The highest BCUT2D eigenvalue weighted by molar-refractivity contribution is 7.99. The molecule has 2 aromatic rings. The van der Waals surface area contributed by atoms with Crippen LogP contribution in [0.15, 0.2) is 42.5 Å². The summed E-state index contributed by atoms with van der Waals surface area (Å²) in [6, 6.07) is 12.8. The first-order valence-electron chi connectivity index (χ1n) is 10.5. The van der Waals surface area contributed by atoms with E-state index in [9.17, 15) is 9.59 Å². The van der Waals surface area contributed by atoms with E-state index in [0.717, 1.165) is 18.6 Å². The highest BCUT2D eigenvalue weighted by Crippen LogP contribution is 2.27. The van der Waals surface area contributed by atoms with E-state index in [4.69, 9.17) is 23.2 Å². The van der Waals surface area contributed by atoms with Gasteiger partial charge in [0.15, 0.2) is 0 Å². The third kappa shape index (κ3) is 8.06. The van der Waals surface area contributed by atoms with E-state index >= 15 is 0 Å². The molecule has 7 heteroatoms. The van der Waals surface area contributed by atoms with E-state index < -0.39 is 6.04 Å². The molecule has 2 aromatic carbocycles. The van der Waals surface area contributed by atoms with Gasteiger partial charge in [-0.25, -0.2) is 0 Å². The van der Waals surface area contributed by atoms with E-state index in [1.54, 1.807) is 30.0 Å². The molecule has 31 heavy (non-hydrogen) atoms. The average molecular weight is 481 g/mol. The fourth-order valence-corrected chi connectivity index (χ4v) is 4.49. The molecule has 0 unspecified atom stereocenters. The van der Waals surface area contributed by atoms with Gasteiger partial charge in [0.1, 0.15) is 6.04 Å². The van der Waals surface area contributed by atoms with Crippen LogP contribution in [0.25, 0.3) is 0 Å². The molecule has 0 aromatic heterocycles. The minimum absolute atomic E-state index is 0.119. The number of nitrogens with zero attached hydrogens (tertiary/aromatic N) is 1. The Balaban J connectivity index is 2.11. The average Bonchev–Trinajstić information content (AvgIpc) is 2.73. The van der Waals surface area contributed by atoms with Gasteiger partial charge in [-0.15, -0.1) is 11.8 Å². The number of aryl methyl sites for hydroxylation is 1.